The smallest absolute Gasteiger partial charge is 0.231 e. The van der Waals surface area contributed by atoms with Crippen LogP contribution in [-0.2, 0) is 18.3 Å². The lowest BCUT2D eigenvalue weighted by atomic mass is 10.1. The molecule has 0 aliphatic carbocycles. The molecule has 0 aliphatic heterocycles. The van der Waals surface area contributed by atoms with Crippen molar-refractivity contribution in [2.75, 3.05) is 11.9 Å². The summed E-state index contributed by atoms with van der Waals surface area (Å²) in [6.07, 6.45) is 7.75. The number of nitrogens with zero attached hydrogens (tertiary/aromatic N) is 4. The molecule has 1 aromatic carbocycles. The van der Waals surface area contributed by atoms with Gasteiger partial charge in [0.2, 0.25) is 5.91 Å². The second-order valence-electron chi connectivity index (χ2n) is 6.30. The van der Waals surface area contributed by atoms with Crippen molar-refractivity contribution in [1.82, 2.24) is 19.7 Å². The van der Waals surface area contributed by atoms with Crippen LogP contribution in [0.5, 0.6) is 0 Å². The minimum absolute atomic E-state index is 0.0314. The minimum Gasteiger partial charge on any atom is -0.346 e. The quantitative estimate of drug-likeness (QED) is 0.618. The molecule has 4 rings (SSSR count). The van der Waals surface area contributed by atoms with Crippen molar-refractivity contribution in [3.05, 3.63) is 66.7 Å². The number of likely N-dealkylation sites (N-methyl/N-ethyl adjacent to an activating group) is 1. The molecule has 0 aliphatic rings. The SMILES string of the molecule is CN(C(=O)Cc1c[nH]c2ncc(-c3cnn(C)c3)cc12)c1ccccc1. The molecule has 1 amide bonds. The highest BCUT2D eigenvalue weighted by Gasteiger charge is 2.15. The fourth-order valence-electron chi connectivity index (χ4n) is 3.01. The van der Waals surface area contributed by atoms with Gasteiger partial charge in [-0.05, 0) is 23.8 Å². The summed E-state index contributed by atoms with van der Waals surface area (Å²) < 4.78 is 1.76. The van der Waals surface area contributed by atoms with E-state index in [0.29, 0.717) is 6.42 Å². The Bertz CT molecular complexity index is 1060. The van der Waals surface area contributed by atoms with Gasteiger partial charge in [-0.2, -0.15) is 5.10 Å². The van der Waals surface area contributed by atoms with Crippen molar-refractivity contribution in [3.63, 3.8) is 0 Å². The van der Waals surface area contributed by atoms with Gasteiger partial charge in [0.05, 0.1) is 12.6 Å². The number of benzene rings is 1. The molecule has 0 saturated heterocycles. The van der Waals surface area contributed by atoms with Gasteiger partial charge < -0.3 is 9.88 Å². The predicted molar refractivity (Wildman–Crippen MR) is 102 cm³/mol. The molecule has 0 bridgehead atoms. The maximum absolute atomic E-state index is 12.7. The number of aromatic amines is 1. The van der Waals surface area contributed by atoms with E-state index in [-0.39, 0.29) is 5.91 Å². The van der Waals surface area contributed by atoms with Crippen molar-refractivity contribution >= 4 is 22.6 Å². The molecule has 0 radical (unpaired) electrons. The molecule has 0 atom stereocenters. The van der Waals surface area contributed by atoms with Crippen LogP contribution >= 0.6 is 0 Å². The van der Waals surface area contributed by atoms with Crippen LogP contribution in [0.25, 0.3) is 22.2 Å². The standard InChI is InChI=1S/C20H19N5O/c1-24-13-16(12-23-24)14-8-18-15(11-22-20(18)21-10-14)9-19(26)25(2)17-6-4-3-5-7-17/h3-8,10-13H,9H2,1-2H3,(H,21,22). The van der Waals surface area contributed by atoms with Crippen LogP contribution in [0.2, 0.25) is 0 Å². The molecule has 3 heterocycles. The third-order valence-corrected chi connectivity index (χ3v) is 4.51. The van der Waals surface area contributed by atoms with Gasteiger partial charge in [0.25, 0.3) is 0 Å². The summed E-state index contributed by atoms with van der Waals surface area (Å²) in [7, 11) is 3.68. The van der Waals surface area contributed by atoms with Gasteiger partial charge in [-0.3, -0.25) is 9.48 Å². The fourth-order valence-corrected chi connectivity index (χ4v) is 3.01. The Morgan fingerprint density at radius 3 is 2.73 bits per heavy atom. The Labute approximate surface area is 151 Å². The van der Waals surface area contributed by atoms with E-state index in [1.165, 1.54) is 0 Å². The summed E-state index contributed by atoms with van der Waals surface area (Å²) >= 11 is 0. The Hall–Kier alpha value is -3.41. The molecule has 4 aromatic rings. The highest BCUT2D eigenvalue weighted by molar-refractivity contribution is 5.97. The number of nitrogens with one attached hydrogen (secondary N) is 1. The van der Waals surface area contributed by atoms with Crippen LogP contribution in [0.3, 0.4) is 0 Å². The summed E-state index contributed by atoms with van der Waals surface area (Å²) in [6, 6.07) is 11.7. The summed E-state index contributed by atoms with van der Waals surface area (Å²) in [5.74, 6) is 0.0314. The molecule has 6 heteroatoms. The normalized spacial score (nSPS) is 11.0. The third kappa shape index (κ3) is 2.97. The number of aromatic nitrogens is 4. The average Bonchev–Trinajstić information content (AvgIpc) is 3.28. The molecular formula is C20H19N5O. The van der Waals surface area contributed by atoms with E-state index < -0.39 is 0 Å². The fraction of sp³-hybridized carbons (Fsp3) is 0.150. The molecule has 1 N–H and O–H groups in total. The van der Waals surface area contributed by atoms with Crippen LogP contribution in [0.4, 0.5) is 5.69 Å². The molecule has 0 fully saturated rings. The number of anilines is 1. The Morgan fingerprint density at radius 2 is 2.00 bits per heavy atom. The summed E-state index contributed by atoms with van der Waals surface area (Å²) in [5, 5.41) is 5.17. The summed E-state index contributed by atoms with van der Waals surface area (Å²) in [4.78, 5) is 22.0. The van der Waals surface area contributed by atoms with Crippen molar-refractivity contribution in [1.29, 1.82) is 0 Å². The molecule has 26 heavy (non-hydrogen) atoms. The lowest BCUT2D eigenvalue weighted by Crippen LogP contribution is -2.27. The molecule has 3 aromatic heterocycles. The lowest BCUT2D eigenvalue weighted by molar-refractivity contribution is -0.117. The number of fused-ring (bicyclic) bond motifs is 1. The molecule has 0 spiro atoms. The Morgan fingerprint density at radius 1 is 1.19 bits per heavy atom. The number of carbonyl (C=O) groups is 1. The van der Waals surface area contributed by atoms with Gasteiger partial charge in [0.1, 0.15) is 5.65 Å². The number of hydrogen-bond acceptors (Lipinski definition) is 3. The first-order chi connectivity index (χ1) is 12.6. The average molecular weight is 345 g/mol. The van der Waals surface area contributed by atoms with E-state index >= 15 is 0 Å². The van der Waals surface area contributed by atoms with E-state index in [9.17, 15) is 4.79 Å². The zero-order valence-corrected chi connectivity index (χ0v) is 14.7. The van der Waals surface area contributed by atoms with Gasteiger partial charge in [0, 0.05) is 54.9 Å². The largest absolute Gasteiger partial charge is 0.346 e. The first-order valence-electron chi connectivity index (χ1n) is 8.38. The second kappa shape index (κ2) is 6.48. The Kier molecular flexibility index (Phi) is 4.01. The highest BCUT2D eigenvalue weighted by atomic mass is 16.2. The maximum Gasteiger partial charge on any atom is 0.231 e. The van der Waals surface area contributed by atoms with E-state index in [0.717, 1.165) is 33.4 Å². The van der Waals surface area contributed by atoms with E-state index in [1.807, 2.05) is 62.2 Å². The van der Waals surface area contributed by atoms with Crippen LogP contribution in [0.1, 0.15) is 5.56 Å². The van der Waals surface area contributed by atoms with Crippen LogP contribution in [0, 0.1) is 0 Å². The minimum atomic E-state index is 0.0314. The van der Waals surface area contributed by atoms with Crippen LogP contribution < -0.4 is 4.90 Å². The first-order valence-corrected chi connectivity index (χ1v) is 8.38. The first kappa shape index (κ1) is 16.1. The van der Waals surface area contributed by atoms with Crippen molar-refractivity contribution < 1.29 is 4.79 Å². The Balaban J connectivity index is 1.63. The number of amides is 1. The summed E-state index contributed by atoms with van der Waals surface area (Å²) in [5.41, 5.74) is 4.58. The number of rotatable bonds is 4. The topological polar surface area (TPSA) is 66.8 Å². The lowest BCUT2D eigenvalue weighted by Gasteiger charge is -2.17. The van der Waals surface area contributed by atoms with Gasteiger partial charge in [0.15, 0.2) is 0 Å². The van der Waals surface area contributed by atoms with Gasteiger partial charge in [-0.25, -0.2) is 4.98 Å². The van der Waals surface area contributed by atoms with E-state index in [2.05, 4.69) is 21.1 Å². The molecular weight excluding hydrogens is 326 g/mol. The van der Waals surface area contributed by atoms with Gasteiger partial charge >= 0.3 is 0 Å². The number of para-hydroxylation sites is 1. The van der Waals surface area contributed by atoms with Crippen LogP contribution in [0.15, 0.2) is 61.2 Å². The number of hydrogen-bond donors (Lipinski definition) is 1. The van der Waals surface area contributed by atoms with Gasteiger partial charge in [-0.15, -0.1) is 0 Å². The molecule has 6 nitrogen and oxygen atoms in total. The maximum atomic E-state index is 12.7. The number of H-pyrrole nitrogens is 1. The van der Waals surface area contributed by atoms with Crippen LogP contribution in [-0.4, -0.2) is 32.7 Å². The van der Waals surface area contributed by atoms with Crippen molar-refractivity contribution in [2.45, 2.75) is 6.42 Å². The second-order valence-corrected chi connectivity index (χ2v) is 6.30. The summed E-state index contributed by atoms with van der Waals surface area (Å²) in [6.45, 7) is 0. The zero-order valence-electron chi connectivity index (χ0n) is 14.7. The highest BCUT2D eigenvalue weighted by Crippen LogP contribution is 2.25. The molecule has 0 unspecified atom stereocenters. The molecule has 130 valence electrons. The van der Waals surface area contributed by atoms with Gasteiger partial charge in [-0.1, -0.05) is 18.2 Å². The molecule has 0 saturated carbocycles. The van der Waals surface area contributed by atoms with E-state index in [1.54, 1.807) is 16.6 Å². The number of aryl methyl sites for hydroxylation is 1. The van der Waals surface area contributed by atoms with Crippen molar-refractivity contribution in [2.24, 2.45) is 7.05 Å². The zero-order chi connectivity index (χ0) is 18.1. The number of pyridine rings is 1. The third-order valence-electron chi connectivity index (χ3n) is 4.51. The number of carbonyl (C=O) groups excluding carboxylic acids is 1. The predicted octanol–water partition coefficient (Wildman–Crippen LogP) is 3.17. The van der Waals surface area contributed by atoms with Crippen molar-refractivity contribution in [3.8, 4) is 11.1 Å². The monoisotopic (exact) mass is 345 g/mol. The van der Waals surface area contributed by atoms with E-state index in [4.69, 9.17) is 0 Å².